The number of rotatable bonds is 6. The average Bonchev–Trinajstić information content (AvgIpc) is 3.39. The van der Waals surface area contributed by atoms with E-state index in [1.807, 2.05) is 13.8 Å². The molecule has 0 aliphatic carbocycles. The number of likely N-dealkylation sites (tertiary alicyclic amines) is 1. The molecular weight excluding hydrogens is 452 g/mol. The van der Waals surface area contributed by atoms with Crippen molar-refractivity contribution in [1.82, 2.24) is 9.47 Å². The molecule has 0 bridgehead atoms. The quantitative estimate of drug-likeness (QED) is 0.619. The zero-order chi connectivity index (χ0) is 25.8. The van der Waals surface area contributed by atoms with Gasteiger partial charge < -0.3 is 28.7 Å². The lowest BCUT2D eigenvalue weighted by atomic mass is 9.98. The summed E-state index contributed by atoms with van der Waals surface area (Å²) in [6, 6.07) is 5.70. The van der Waals surface area contributed by atoms with E-state index >= 15 is 0 Å². The van der Waals surface area contributed by atoms with Gasteiger partial charge in [0.25, 0.3) is 5.91 Å². The van der Waals surface area contributed by atoms with Gasteiger partial charge in [-0.05, 0) is 65.2 Å². The summed E-state index contributed by atoms with van der Waals surface area (Å²) in [5, 5.41) is 12.4. The zero-order valence-corrected chi connectivity index (χ0v) is 20.8. The minimum Gasteiger partial charge on any atom is -0.467 e. The lowest BCUT2D eigenvalue weighted by molar-refractivity contribution is -0.153. The predicted octanol–water partition coefficient (Wildman–Crippen LogP) is 3.75. The van der Waals surface area contributed by atoms with Crippen molar-refractivity contribution >= 4 is 23.8 Å². The fourth-order valence-electron chi connectivity index (χ4n) is 3.97. The van der Waals surface area contributed by atoms with Gasteiger partial charge in [0.2, 0.25) is 0 Å². The van der Waals surface area contributed by atoms with Crippen molar-refractivity contribution in [2.75, 3.05) is 25.0 Å². The summed E-state index contributed by atoms with van der Waals surface area (Å²) in [6.45, 7) is 9.52. The standard InChI is InChI=1S/C25H32N4O6/c1-16-17(2)29(14-19-9-7-11-33-19)22(20(16)12-26)27-21(30)15-34-23(31)18-8-6-10-28(13-18)24(32)35-25(3,4)5/h7,9,11,18H,6,8,10,13-15H2,1-5H3,(H,27,30)/t18-/m0/s1. The minimum absolute atomic E-state index is 0.179. The molecular formula is C25H32N4O6. The molecule has 2 amide bonds. The highest BCUT2D eigenvalue weighted by Gasteiger charge is 2.32. The van der Waals surface area contributed by atoms with Crippen LogP contribution in [0.5, 0.6) is 0 Å². The van der Waals surface area contributed by atoms with Crippen LogP contribution >= 0.6 is 0 Å². The van der Waals surface area contributed by atoms with Crippen molar-refractivity contribution in [3.63, 3.8) is 0 Å². The number of ether oxygens (including phenoxy) is 2. The molecule has 0 unspecified atom stereocenters. The number of hydrogen-bond acceptors (Lipinski definition) is 7. The first-order valence-electron chi connectivity index (χ1n) is 11.6. The Morgan fingerprint density at radius 1 is 1.29 bits per heavy atom. The topological polar surface area (TPSA) is 127 Å². The molecule has 35 heavy (non-hydrogen) atoms. The predicted molar refractivity (Wildman–Crippen MR) is 127 cm³/mol. The van der Waals surface area contributed by atoms with Crippen molar-refractivity contribution in [3.8, 4) is 6.07 Å². The van der Waals surface area contributed by atoms with Crippen molar-refractivity contribution in [1.29, 1.82) is 5.26 Å². The molecule has 1 aliphatic rings. The first kappa shape index (κ1) is 25.9. The summed E-state index contributed by atoms with van der Waals surface area (Å²) in [7, 11) is 0. The molecule has 1 aliphatic heterocycles. The second kappa shape index (κ2) is 10.7. The fourth-order valence-corrected chi connectivity index (χ4v) is 3.97. The minimum atomic E-state index is -0.629. The number of carbonyl (C=O) groups is 3. The average molecular weight is 485 g/mol. The second-order valence-corrected chi connectivity index (χ2v) is 9.63. The monoisotopic (exact) mass is 484 g/mol. The molecule has 10 nitrogen and oxygen atoms in total. The van der Waals surface area contributed by atoms with Crippen molar-refractivity contribution in [3.05, 3.63) is 41.0 Å². The van der Waals surface area contributed by atoms with E-state index < -0.39 is 36.1 Å². The van der Waals surface area contributed by atoms with Crippen LogP contribution < -0.4 is 5.32 Å². The Hall–Kier alpha value is -3.74. The fraction of sp³-hybridized carbons (Fsp3) is 0.520. The molecule has 2 aromatic heterocycles. The Morgan fingerprint density at radius 3 is 2.66 bits per heavy atom. The lowest BCUT2D eigenvalue weighted by Crippen LogP contribution is -2.45. The summed E-state index contributed by atoms with van der Waals surface area (Å²) in [6.07, 6.45) is 2.28. The summed E-state index contributed by atoms with van der Waals surface area (Å²) >= 11 is 0. The van der Waals surface area contributed by atoms with Gasteiger partial charge >= 0.3 is 12.1 Å². The first-order chi connectivity index (χ1) is 16.5. The third-order valence-corrected chi connectivity index (χ3v) is 5.84. The number of nitrogens with zero attached hydrogens (tertiary/aromatic N) is 3. The Balaban J connectivity index is 1.61. The maximum Gasteiger partial charge on any atom is 0.410 e. The van der Waals surface area contributed by atoms with Crippen LogP contribution in [-0.4, -0.2) is 52.7 Å². The molecule has 0 aromatic carbocycles. The third kappa shape index (κ3) is 6.44. The van der Waals surface area contributed by atoms with Crippen molar-refractivity contribution in [2.45, 2.75) is 59.6 Å². The number of nitrogens with one attached hydrogen (secondary N) is 1. The van der Waals surface area contributed by atoms with E-state index in [1.165, 1.54) is 4.90 Å². The number of aromatic nitrogens is 1. The molecule has 3 rings (SSSR count). The number of furan rings is 1. The Kier molecular flexibility index (Phi) is 7.89. The zero-order valence-electron chi connectivity index (χ0n) is 20.8. The molecule has 1 saturated heterocycles. The van der Waals surface area contributed by atoms with E-state index in [9.17, 15) is 19.6 Å². The number of amides is 2. The Labute approximate surface area is 204 Å². The van der Waals surface area contributed by atoms with Crippen molar-refractivity contribution in [2.24, 2.45) is 5.92 Å². The van der Waals surface area contributed by atoms with E-state index in [0.717, 1.165) is 11.3 Å². The van der Waals surface area contributed by atoms with Crippen molar-refractivity contribution < 1.29 is 28.3 Å². The molecule has 10 heteroatoms. The summed E-state index contributed by atoms with van der Waals surface area (Å²) in [5.74, 6) is -0.652. The van der Waals surface area contributed by atoms with Crippen LogP contribution in [0.15, 0.2) is 22.8 Å². The van der Waals surface area contributed by atoms with Gasteiger partial charge in [-0.1, -0.05) is 0 Å². The highest BCUT2D eigenvalue weighted by molar-refractivity contribution is 5.94. The van der Waals surface area contributed by atoms with E-state index in [0.29, 0.717) is 43.1 Å². The smallest absolute Gasteiger partial charge is 0.410 e. The van der Waals surface area contributed by atoms with Crippen LogP contribution in [0, 0.1) is 31.1 Å². The van der Waals surface area contributed by atoms with Crippen LogP contribution in [0.4, 0.5) is 10.6 Å². The second-order valence-electron chi connectivity index (χ2n) is 9.63. The summed E-state index contributed by atoms with van der Waals surface area (Å²) in [5.41, 5.74) is 1.27. The molecule has 1 fully saturated rings. The number of nitriles is 1. The highest BCUT2D eigenvalue weighted by Crippen LogP contribution is 2.27. The molecule has 1 N–H and O–H groups in total. The summed E-state index contributed by atoms with van der Waals surface area (Å²) < 4.78 is 17.8. The van der Waals surface area contributed by atoms with E-state index in [2.05, 4.69) is 11.4 Å². The van der Waals surface area contributed by atoms with Crippen LogP contribution in [0.3, 0.4) is 0 Å². The maximum atomic E-state index is 12.7. The number of anilines is 1. The van der Waals surface area contributed by atoms with E-state index in [1.54, 1.807) is 43.7 Å². The number of piperidine rings is 1. The summed E-state index contributed by atoms with van der Waals surface area (Å²) in [4.78, 5) is 39.1. The van der Waals surface area contributed by atoms with Gasteiger partial charge in [-0.3, -0.25) is 9.59 Å². The van der Waals surface area contributed by atoms with Gasteiger partial charge in [0.1, 0.15) is 23.2 Å². The first-order valence-corrected chi connectivity index (χ1v) is 11.6. The van der Waals surface area contributed by atoms with Gasteiger partial charge in [-0.15, -0.1) is 0 Å². The van der Waals surface area contributed by atoms with E-state index in [-0.39, 0.29) is 6.54 Å². The molecule has 3 heterocycles. The SMILES string of the molecule is Cc1c(C#N)c(NC(=O)COC(=O)[C@H]2CCCN(C(=O)OC(C)(C)C)C2)n(Cc2ccco2)c1C. The Bertz CT molecular complexity index is 1120. The molecule has 2 aromatic rings. The van der Waals surface area contributed by atoms with Gasteiger partial charge in [-0.25, -0.2) is 4.79 Å². The largest absolute Gasteiger partial charge is 0.467 e. The molecule has 0 radical (unpaired) electrons. The van der Waals surface area contributed by atoms with Gasteiger partial charge in [0.15, 0.2) is 6.61 Å². The van der Waals surface area contributed by atoms with Gasteiger partial charge in [0.05, 0.1) is 24.3 Å². The highest BCUT2D eigenvalue weighted by atomic mass is 16.6. The maximum absolute atomic E-state index is 12.7. The number of hydrogen-bond donors (Lipinski definition) is 1. The number of carbonyl (C=O) groups excluding carboxylic acids is 3. The lowest BCUT2D eigenvalue weighted by Gasteiger charge is -2.33. The molecule has 0 spiro atoms. The van der Waals surface area contributed by atoms with Crippen LogP contribution in [0.2, 0.25) is 0 Å². The normalized spacial score (nSPS) is 15.9. The molecule has 1 atom stereocenters. The third-order valence-electron chi connectivity index (χ3n) is 5.84. The van der Waals surface area contributed by atoms with E-state index in [4.69, 9.17) is 13.9 Å². The van der Waals surface area contributed by atoms with Gasteiger partial charge in [0, 0.05) is 18.8 Å². The van der Waals surface area contributed by atoms with Crippen LogP contribution in [0.1, 0.15) is 56.2 Å². The van der Waals surface area contributed by atoms with Crippen LogP contribution in [-0.2, 0) is 25.6 Å². The number of esters is 1. The molecule has 188 valence electrons. The van der Waals surface area contributed by atoms with Gasteiger partial charge in [-0.2, -0.15) is 5.26 Å². The van der Waals surface area contributed by atoms with Crippen LogP contribution in [0.25, 0.3) is 0 Å². The molecule has 0 saturated carbocycles. The Morgan fingerprint density at radius 2 is 2.03 bits per heavy atom.